The number of thiocarbonyl (C=S) groups is 1. The molecule has 0 spiro atoms. The van der Waals surface area contributed by atoms with Crippen molar-refractivity contribution in [3.05, 3.63) is 72.3 Å². The van der Waals surface area contributed by atoms with E-state index in [0.717, 1.165) is 22.9 Å². The Kier molecular flexibility index (Phi) is 4.56. The zero-order valence-corrected chi connectivity index (χ0v) is 17.9. The number of hydrogen-bond donors (Lipinski definition) is 1. The molecule has 1 N–H and O–H groups in total. The molecule has 0 radical (unpaired) electrons. The van der Waals surface area contributed by atoms with Gasteiger partial charge < -0.3 is 24.3 Å². The molecule has 1 saturated carbocycles. The number of rotatable bonds is 4. The van der Waals surface area contributed by atoms with Gasteiger partial charge in [-0.15, -0.1) is 0 Å². The molecule has 2 aliphatic heterocycles. The van der Waals surface area contributed by atoms with E-state index in [1.807, 2.05) is 30.5 Å². The first-order valence-corrected chi connectivity index (χ1v) is 11.3. The molecule has 1 saturated heterocycles. The minimum absolute atomic E-state index is 0.0154. The van der Waals surface area contributed by atoms with Crippen molar-refractivity contribution in [2.24, 2.45) is 0 Å². The van der Waals surface area contributed by atoms with Crippen LogP contribution in [0.2, 0.25) is 0 Å². The molecule has 2 atom stereocenters. The minimum atomic E-state index is -0.0471. The topological polar surface area (TPSA) is 51.6 Å². The third-order valence-electron chi connectivity index (χ3n) is 6.57. The fourth-order valence-corrected chi connectivity index (χ4v) is 5.49. The van der Waals surface area contributed by atoms with Gasteiger partial charge in [0.05, 0.1) is 11.7 Å². The molecule has 31 heavy (non-hydrogen) atoms. The van der Waals surface area contributed by atoms with E-state index in [9.17, 15) is 0 Å². The van der Waals surface area contributed by atoms with E-state index in [1.165, 1.54) is 31.4 Å². The number of pyridine rings is 1. The molecule has 0 amide bonds. The van der Waals surface area contributed by atoms with E-state index in [0.29, 0.717) is 11.2 Å². The number of nitrogens with one attached hydrogen (secondary N) is 1. The SMILES string of the molecule is S=C1N[C@@H](c2ccccn2)[C@@H](c2cccn2C2CCCC2)N1c1ccc2c(c1)OCO2. The number of ether oxygens (including phenoxy) is 2. The summed E-state index contributed by atoms with van der Waals surface area (Å²) in [6, 6.07) is 16.9. The molecule has 3 aromatic rings. The van der Waals surface area contributed by atoms with E-state index in [4.69, 9.17) is 21.7 Å². The Labute approximate surface area is 186 Å². The van der Waals surface area contributed by atoms with E-state index in [2.05, 4.69) is 50.2 Å². The van der Waals surface area contributed by atoms with Crippen molar-refractivity contribution < 1.29 is 9.47 Å². The van der Waals surface area contributed by atoms with E-state index in [-0.39, 0.29) is 18.9 Å². The van der Waals surface area contributed by atoms with Crippen LogP contribution < -0.4 is 19.7 Å². The Bertz CT molecular complexity index is 1110. The van der Waals surface area contributed by atoms with Gasteiger partial charge in [-0.05, 0) is 61.5 Å². The lowest BCUT2D eigenvalue weighted by Gasteiger charge is -2.30. The van der Waals surface area contributed by atoms with Crippen LogP contribution in [0, 0.1) is 0 Å². The third kappa shape index (κ3) is 3.15. The monoisotopic (exact) mass is 432 g/mol. The summed E-state index contributed by atoms with van der Waals surface area (Å²) in [4.78, 5) is 6.87. The molecule has 2 fully saturated rings. The van der Waals surface area contributed by atoms with Gasteiger partial charge in [-0.2, -0.15) is 0 Å². The smallest absolute Gasteiger partial charge is 0.231 e. The number of anilines is 1. The standard InChI is InChI=1S/C24H24N4O2S/c31-24-26-22(18-8-3-4-12-25-18)23(19-9-5-13-27(19)16-6-1-2-7-16)28(24)17-10-11-20-21(14-17)30-15-29-20/h3-5,8-14,16,22-23H,1-2,6-7,15H2,(H,26,31)/t22-,23+/m0/s1. The summed E-state index contributed by atoms with van der Waals surface area (Å²) in [6.07, 6.45) is 9.10. The third-order valence-corrected chi connectivity index (χ3v) is 6.88. The maximum atomic E-state index is 5.86. The molecular formula is C24H24N4O2S. The Morgan fingerprint density at radius 3 is 2.71 bits per heavy atom. The van der Waals surface area contributed by atoms with Crippen LogP contribution in [0.25, 0.3) is 0 Å². The van der Waals surface area contributed by atoms with Crippen LogP contribution in [0.5, 0.6) is 11.5 Å². The molecule has 1 aromatic carbocycles. The van der Waals surface area contributed by atoms with Crippen LogP contribution in [0.3, 0.4) is 0 Å². The van der Waals surface area contributed by atoms with Gasteiger partial charge in [-0.1, -0.05) is 18.9 Å². The van der Waals surface area contributed by atoms with Crippen LogP contribution in [0.4, 0.5) is 5.69 Å². The first kappa shape index (κ1) is 18.7. The molecule has 158 valence electrons. The number of nitrogens with zero attached hydrogens (tertiary/aromatic N) is 3. The maximum Gasteiger partial charge on any atom is 0.231 e. The summed E-state index contributed by atoms with van der Waals surface area (Å²) in [5.41, 5.74) is 3.23. The highest BCUT2D eigenvalue weighted by atomic mass is 32.1. The number of benzene rings is 1. The van der Waals surface area contributed by atoms with Gasteiger partial charge in [0, 0.05) is 35.9 Å². The lowest BCUT2D eigenvalue weighted by Crippen LogP contribution is -2.30. The van der Waals surface area contributed by atoms with E-state index < -0.39 is 0 Å². The fraction of sp³-hybridized carbons (Fsp3) is 0.333. The van der Waals surface area contributed by atoms with Gasteiger partial charge in [-0.25, -0.2) is 0 Å². The van der Waals surface area contributed by atoms with Crippen molar-refractivity contribution in [2.45, 2.75) is 43.8 Å². The van der Waals surface area contributed by atoms with Gasteiger partial charge in [0.2, 0.25) is 6.79 Å². The first-order valence-electron chi connectivity index (χ1n) is 10.9. The molecule has 2 aromatic heterocycles. The summed E-state index contributed by atoms with van der Waals surface area (Å²) in [5, 5.41) is 4.25. The average molecular weight is 433 g/mol. The van der Waals surface area contributed by atoms with Crippen molar-refractivity contribution in [3.8, 4) is 11.5 Å². The Hall–Kier alpha value is -3.06. The average Bonchev–Trinajstić information content (AvgIpc) is 3.59. The number of aromatic nitrogens is 2. The Morgan fingerprint density at radius 2 is 1.87 bits per heavy atom. The first-order chi connectivity index (χ1) is 15.3. The van der Waals surface area contributed by atoms with Gasteiger partial charge in [0.25, 0.3) is 0 Å². The van der Waals surface area contributed by atoms with Gasteiger partial charge in [0.15, 0.2) is 16.6 Å². The largest absolute Gasteiger partial charge is 0.454 e. The van der Waals surface area contributed by atoms with Gasteiger partial charge in [0.1, 0.15) is 6.04 Å². The summed E-state index contributed by atoms with van der Waals surface area (Å²) < 4.78 is 13.6. The molecule has 1 aliphatic carbocycles. The zero-order valence-electron chi connectivity index (χ0n) is 17.1. The maximum absolute atomic E-state index is 5.86. The zero-order chi connectivity index (χ0) is 20.8. The summed E-state index contributed by atoms with van der Waals surface area (Å²) in [6.45, 7) is 0.256. The minimum Gasteiger partial charge on any atom is -0.454 e. The molecule has 7 heteroatoms. The van der Waals surface area contributed by atoms with Crippen molar-refractivity contribution in [1.82, 2.24) is 14.9 Å². The number of fused-ring (bicyclic) bond motifs is 1. The van der Waals surface area contributed by atoms with E-state index >= 15 is 0 Å². The molecule has 6 rings (SSSR count). The Morgan fingerprint density at radius 1 is 1.00 bits per heavy atom. The summed E-state index contributed by atoms with van der Waals surface area (Å²) in [5.74, 6) is 1.53. The van der Waals surface area contributed by atoms with Gasteiger partial charge in [-0.3, -0.25) is 4.98 Å². The molecular weight excluding hydrogens is 408 g/mol. The second-order valence-corrected chi connectivity index (χ2v) is 8.70. The van der Waals surface area contributed by atoms with Crippen molar-refractivity contribution >= 4 is 23.0 Å². The lowest BCUT2D eigenvalue weighted by molar-refractivity contribution is 0.174. The second kappa shape index (κ2) is 7.57. The van der Waals surface area contributed by atoms with Crippen LogP contribution in [-0.4, -0.2) is 21.5 Å². The predicted molar refractivity (Wildman–Crippen MR) is 122 cm³/mol. The molecule has 0 unspecified atom stereocenters. The quantitative estimate of drug-likeness (QED) is 0.592. The van der Waals surface area contributed by atoms with Crippen molar-refractivity contribution in [2.75, 3.05) is 11.7 Å². The van der Waals surface area contributed by atoms with Crippen molar-refractivity contribution in [3.63, 3.8) is 0 Å². The molecule has 0 bridgehead atoms. The summed E-state index contributed by atoms with van der Waals surface area (Å²) in [7, 11) is 0. The predicted octanol–water partition coefficient (Wildman–Crippen LogP) is 4.90. The second-order valence-electron chi connectivity index (χ2n) is 8.31. The highest BCUT2D eigenvalue weighted by molar-refractivity contribution is 7.80. The fourth-order valence-electron chi connectivity index (χ4n) is 5.14. The van der Waals surface area contributed by atoms with Crippen LogP contribution in [-0.2, 0) is 0 Å². The normalized spacial score (nSPS) is 22.8. The van der Waals surface area contributed by atoms with Gasteiger partial charge >= 0.3 is 0 Å². The number of hydrogen-bond acceptors (Lipinski definition) is 4. The molecule has 3 aliphatic rings. The molecule has 6 nitrogen and oxygen atoms in total. The van der Waals surface area contributed by atoms with E-state index in [1.54, 1.807) is 0 Å². The highest BCUT2D eigenvalue weighted by Gasteiger charge is 2.43. The Balaban J connectivity index is 1.47. The molecule has 4 heterocycles. The lowest BCUT2D eigenvalue weighted by atomic mass is 10.00. The van der Waals surface area contributed by atoms with Crippen LogP contribution in [0.1, 0.15) is 55.2 Å². The van der Waals surface area contributed by atoms with Crippen LogP contribution >= 0.6 is 12.2 Å². The van der Waals surface area contributed by atoms with Crippen LogP contribution in [0.15, 0.2) is 60.9 Å². The van der Waals surface area contributed by atoms with Crippen molar-refractivity contribution in [1.29, 1.82) is 0 Å². The highest BCUT2D eigenvalue weighted by Crippen LogP contribution is 2.45. The summed E-state index contributed by atoms with van der Waals surface area (Å²) >= 11 is 5.86.